The van der Waals surface area contributed by atoms with E-state index in [4.69, 9.17) is 33.7 Å². The average molecular weight is 327 g/mol. The Morgan fingerprint density at radius 3 is 2.67 bits per heavy atom. The van der Waals surface area contributed by atoms with Crippen LogP contribution >= 0.6 is 23.2 Å². The molecule has 2 rings (SSSR count). The average Bonchev–Trinajstić information content (AvgIpc) is 2.48. The molecule has 5 nitrogen and oxygen atoms in total. The van der Waals surface area contributed by atoms with E-state index in [1.165, 1.54) is 12.1 Å². The molecule has 0 unspecified atom stereocenters. The van der Waals surface area contributed by atoms with Gasteiger partial charge in [-0.25, -0.2) is 0 Å². The zero-order valence-corrected chi connectivity index (χ0v) is 12.4. The Morgan fingerprint density at radius 2 is 2.00 bits per heavy atom. The van der Waals surface area contributed by atoms with Crippen LogP contribution in [0.4, 0.5) is 5.69 Å². The van der Waals surface area contributed by atoms with Gasteiger partial charge in [0.1, 0.15) is 6.61 Å². The summed E-state index contributed by atoms with van der Waals surface area (Å²) in [6, 6.07) is 9.74. The topological polar surface area (TPSA) is 78.4 Å². The molecule has 0 fully saturated rings. The Bertz CT molecular complexity index is 677. The summed E-state index contributed by atoms with van der Waals surface area (Å²) >= 11 is 12.0. The molecule has 2 N–H and O–H groups in total. The molecule has 7 heteroatoms. The summed E-state index contributed by atoms with van der Waals surface area (Å²) in [7, 11) is 0. The molecule has 2 aromatic carbocycles. The molecule has 21 heavy (non-hydrogen) atoms. The number of hydrogen-bond acceptors (Lipinski definition) is 4. The van der Waals surface area contributed by atoms with E-state index < -0.39 is 4.92 Å². The van der Waals surface area contributed by atoms with Gasteiger partial charge in [0.05, 0.1) is 15.0 Å². The number of nitro groups is 1. The standard InChI is InChI=1S/C14H12Cl2N2O3/c15-11-3-1-2-10(14(11)16)8-21-13-5-4-9(7-17)6-12(13)18(19)20/h1-6H,7-8,17H2. The molecular formula is C14H12Cl2N2O3. The number of benzene rings is 2. The lowest BCUT2D eigenvalue weighted by molar-refractivity contribution is -0.386. The van der Waals surface area contributed by atoms with E-state index in [1.807, 2.05) is 0 Å². The Hall–Kier alpha value is -1.82. The molecule has 0 bridgehead atoms. The van der Waals surface area contributed by atoms with Crippen LogP contribution in [0.15, 0.2) is 36.4 Å². The molecule has 0 spiro atoms. The monoisotopic (exact) mass is 326 g/mol. The van der Waals surface area contributed by atoms with Gasteiger partial charge < -0.3 is 10.5 Å². The van der Waals surface area contributed by atoms with E-state index >= 15 is 0 Å². The van der Waals surface area contributed by atoms with Crippen molar-refractivity contribution >= 4 is 28.9 Å². The molecule has 0 saturated carbocycles. The van der Waals surface area contributed by atoms with Gasteiger partial charge in [0.15, 0.2) is 5.75 Å². The molecule has 0 aromatic heterocycles. The molecule has 0 heterocycles. The van der Waals surface area contributed by atoms with Crippen molar-refractivity contribution in [1.29, 1.82) is 0 Å². The third-order valence-electron chi connectivity index (χ3n) is 2.87. The number of nitrogens with zero attached hydrogens (tertiary/aromatic N) is 1. The van der Waals surface area contributed by atoms with Gasteiger partial charge in [-0.05, 0) is 17.7 Å². The maximum Gasteiger partial charge on any atom is 0.311 e. The minimum Gasteiger partial charge on any atom is -0.482 e. The summed E-state index contributed by atoms with van der Waals surface area (Å²) in [5.41, 5.74) is 6.66. The van der Waals surface area contributed by atoms with Crippen LogP contribution < -0.4 is 10.5 Å². The summed E-state index contributed by atoms with van der Waals surface area (Å²) in [6.07, 6.45) is 0. The van der Waals surface area contributed by atoms with E-state index in [0.29, 0.717) is 21.2 Å². The Morgan fingerprint density at radius 1 is 1.24 bits per heavy atom. The van der Waals surface area contributed by atoms with Crippen LogP contribution in [0.5, 0.6) is 5.75 Å². The normalized spacial score (nSPS) is 10.4. The largest absolute Gasteiger partial charge is 0.482 e. The Balaban J connectivity index is 2.23. The van der Waals surface area contributed by atoms with Gasteiger partial charge >= 0.3 is 5.69 Å². The first-order valence-corrected chi connectivity index (χ1v) is 6.81. The van der Waals surface area contributed by atoms with Gasteiger partial charge in [0.25, 0.3) is 0 Å². The molecule has 0 aliphatic rings. The van der Waals surface area contributed by atoms with Gasteiger partial charge in [-0.15, -0.1) is 0 Å². The number of nitrogens with two attached hydrogens (primary N) is 1. The lowest BCUT2D eigenvalue weighted by Gasteiger charge is -2.09. The van der Waals surface area contributed by atoms with Gasteiger partial charge in [-0.1, -0.05) is 41.4 Å². The van der Waals surface area contributed by atoms with Crippen molar-refractivity contribution < 1.29 is 9.66 Å². The Labute approximate surface area is 131 Å². The van der Waals surface area contributed by atoms with Crippen LogP contribution in [0, 0.1) is 10.1 Å². The third kappa shape index (κ3) is 3.64. The zero-order valence-electron chi connectivity index (χ0n) is 10.9. The Kier molecular flexibility index (Phi) is 5.01. The molecule has 110 valence electrons. The van der Waals surface area contributed by atoms with E-state index in [1.54, 1.807) is 24.3 Å². The SMILES string of the molecule is NCc1ccc(OCc2cccc(Cl)c2Cl)c([N+](=O)[O-])c1. The van der Waals surface area contributed by atoms with Crippen LogP contribution in [0.3, 0.4) is 0 Å². The molecule has 2 aromatic rings. The van der Waals surface area contributed by atoms with Gasteiger partial charge in [0.2, 0.25) is 0 Å². The van der Waals surface area contributed by atoms with Crippen molar-refractivity contribution in [2.75, 3.05) is 0 Å². The van der Waals surface area contributed by atoms with Crippen molar-refractivity contribution in [2.24, 2.45) is 5.73 Å². The maximum absolute atomic E-state index is 11.1. The van der Waals surface area contributed by atoms with Crippen LogP contribution in [0.25, 0.3) is 0 Å². The van der Waals surface area contributed by atoms with Crippen molar-refractivity contribution in [3.05, 3.63) is 67.7 Å². The summed E-state index contributed by atoms with van der Waals surface area (Å²) in [4.78, 5) is 10.6. The van der Waals surface area contributed by atoms with Crippen LogP contribution in [-0.2, 0) is 13.2 Å². The maximum atomic E-state index is 11.1. The van der Waals surface area contributed by atoms with Gasteiger partial charge in [-0.2, -0.15) is 0 Å². The quantitative estimate of drug-likeness (QED) is 0.666. The predicted molar refractivity (Wildman–Crippen MR) is 81.8 cm³/mol. The second-order valence-corrected chi connectivity index (χ2v) is 5.05. The number of ether oxygens (including phenoxy) is 1. The molecule has 0 aliphatic heterocycles. The number of hydrogen-bond donors (Lipinski definition) is 1. The summed E-state index contributed by atoms with van der Waals surface area (Å²) in [6.45, 7) is 0.309. The van der Waals surface area contributed by atoms with Crippen molar-refractivity contribution in [2.45, 2.75) is 13.2 Å². The van der Waals surface area contributed by atoms with E-state index in [0.717, 1.165) is 0 Å². The molecule has 0 radical (unpaired) electrons. The molecule has 0 saturated heterocycles. The predicted octanol–water partition coefficient (Wildman–Crippen LogP) is 3.94. The van der Waals surface area contributed by atoms with Crippen LogP contribution in [0.2, 0.25) is 10.0 Å². The summed E-state index contributed by atoms with van der Waals surface area (Å²) in [5.74, 6) is 0.160. The fourth-order valence-corrected chi connectivity index (χ4v) is 2.14. The lowest BCUT2D eigenvalue weighted by Crippen LogP contribution is -2.02. The minimum atomic E-state index is -0.506. The minimum absolute atomic E-state index is 0.0855. The van der Waals surface area contributed by atoms with Crippen molar-refractivity contribution in [3.8, 4) is 5.75 Å². The first-order valence-electron chi connectivity index (χ1n) is 6.06. The smallest absolute Gasteiger partial charge is 0.311 e. The zero-order chi connectivity index (χ0) is 15.4. The van der Waals surface area contributed by atoms with E-state index in [-0.39, 0.29) is 24.6 Å². The molecule has 0 atom stereocenters. The summed E-state index contributed by atoms with van der Waals surface area (Å²) < 4.78 is 5.49. The highest BCUT2D eigenvalue weighted by atomic mass is 35.5. The highest BCUT2D eigenvalue weighted by Gasteiger charge is 2.16. The summed E-state index contributed by atoms with van der Waals surface area (Å²) in [5, 5.41) is 11.8. The fraction of sp³-hybridized carbons (Fsp3) is 0.143. The second-order valence-electron chi connectivity index (χ2n) is 4.26. The fourth-order valence-electron chi connectivity index (χ4n) is 1.77. The van der Waals surface area contributed by atoms with Crippen molar-refractivity contribution in [3.63, 3.8) is 0 Å². The molecule has 0 aliphatic carbocycles. The van der Waals surface area contributed by atoms with E-state index in [9.17, 15) is 10.1 Å². The van der Waals surface area contributed by atoms with Gasteiger partial charge in [-0.3, -0.25) is 10.1 Å². The molecular weight excluding hydrogens is 315 g/mol. The van der Waals surface area contributed by atoms with E-state index in [2.05, 4.69) is 0 Å². The second kappa shape index (κ2) is 6.76. The third-order valence-corrected chi connectivity index (χ3v) is 3.73. The van der Waals surface area contributed by atoms with Crippen LogP contribution in [0.1, 0.15) is 11.1 Å². The highest BCUT2D eigenvalue weighted by Crippen LogP contribution is 2.31. The van der Waals surface area contributed by atoms with Crippen LogP contribution in [-0.4, -0.2) is 4.92 Å². The number of rotatable bonds is 5. The first-order chi connectivity index (χ1) is 10.0. The van der Waals surface area contributed by atoms with Crippen molar-refractivity contribution in [1.82, 2.24) is 0 Å². The lowest BCUT2D eigenvalue weighted by atomic mass is 10.2. The number of halogens is 2. The molecule has 0 amide bonds. The highest BCUT2D eigenvalue weighted by molar-refractivity contribution is 6.42. The first kappa shape index (κ1) is 15.6. The van der Waals surface area contributed by atoms with Gasteiger partial charge in [0, 0.05) is 18.2 Å². The number of nitro benzene ring substituents is 1.